The molecule has 1 atom stereocenters. The largest absolute Gasteiger partial charge is 0.480 e. The molecule has 0 bridgehead atoms. The van der Waals surface area contributed by atoms with Crippen molar-refractivity contribution in [3.8, 4) is 0 Å². The Bertz CT molecular complexity index is 660. The van der Waals surface area contributed by atoms with Gasteiger partial charge in [0.05, 0.1) is 24.5 Å². The molecule has 9 nitrogen and oxygen atoms in total. The summed E-state index contributed by atoms with van der Waals surface area (Å²) in [6.07, 6.45) is 0.358. The van der Waals surface area contributed by atoms with Crippen molar-refractivity contribution in [2.45, 2.75) is 6.10 Å². The third-order valence-electron chi connectivity index (χ3n) is 3.27. The lowest BCUT2D eigenvalue weighted by atomic mass is 10.2. The molecule has 128 valence electrons. The monoisotopic (exact) mass is 363 g/mol. The Hall–Kier alpha value is -1.56. The normalized spacial score (nSPS) is 19.0. The zero-order chi connectivity index (χ0) is 17.0. The number of carbonyl (C=O) groups is 2. The maximum absolute atomic E-state index is 12.3. The number of sulfonamides is 1. The maximum Gasteiger partial charge on any atom is 0.318 e. The van der Waals surface area contributed by atoms with Crippen LogP contribution in [0.4, 0.5) is 0 Å². The van der Waals surface area contributed by atoms with Gasteiger partial charge in [-0.2, -0.15) is 4.31 Å². The summed E-state index contributed by atoms with van der Waals surface area (Å²) in [6.45, 7) is 0.0581. The number of carboxylic acids is 1. The van der Waals surface area contributed by atoms with Crippen LogP contribution in [0.1, 0.15) is 10.5 Å². The predicted molar refractivity (Wildman–Crippen MR) is 81.8 cm³/mol. The van der Waals surface area contributed by atoms with Crippen LogP contribution in [0.5, 0.6) is 0 Å². The van der Waals surface area contributed by atoms with E-state index in [9.17, 15) is 18.0 Å². The topological polar surface area (TPSA) is 117 Å². The molecular formula is C12H17N3O6S2. The number of hydrogen-bond acceptors (Lipinski definition) is 7. The molecule has 1 amide bonds. The van der Waals surface area contributed by atoms with Crippen molar-refractivity contribution in [2.75, 3.05) is 39.0 Å². The highest BCUT2D eigenvalue weighted by atomic mass is 32.2. The van der Waals surface area contributed by atoms with Gasteiger partial charge in [0.1, 0.15) is 12.2 Å². The van der Waals surface area contributed by atoms with E-state index in [4.69, 9.17) is 9.84 Å². The van der Waals surface area contributed by atoms with Crippen molar-refractivity contribution in [2.24, 2.45) is 0 Å². The summed E-state index contributed by atoms with van der Waals surface area (Å²) in [5.41, 5.74) is 1.89. The van der Waals surface area contributed by atoms with Crippen LogP contribution in [-0.2, 0) is 19.6 Å². The summed E-state index contributed by atoms with van der Waals surface area (Å²) in [5, 5.41) is 10.5. The van der Waals surface area contributed by atoms with Gasteiger partial charge < -0.3 is 14.7 Å². The molecule has 1 saturated heterocycles. The fraction of sp³-hybridized carbons (Fsp3) is 0.583. The fourth-order valence-electron chi connectivity index (χ4n) is 2.19. The van der Waals surface area contributed by atoms with Crippen molar-refractivity contribution in [3.05, 3.63) is 16.6 Å². The summed E-state index contributed by atoms with van der Waals surface area (Å²) in [5.74, 6) is -1.50. The van der Waals surface area contributed by atoms with E-state index in [2.05, 4.69) is 4.98 Å². The van der Waals surface area contributed by atoms with Gasteiger partial charge in [-0.15, -0.1) is 11.3 Å². The lowest BCUT2D eigenvalue weighted by Crippen LogP contribution is -2.51. The SMILES string of the molecule is CS(=O)(=O)N(CC(=O)O)C[C@H]1CN(C(=O)c2cscn2)CCO1. The average molecular weight is 363 g/mol. The van der Waals surface area contributed by atoms with E-state index in [1.165, 1.54) is 16.2 Å². The number of thiazole rings is 1. The first-order chi connectivity index (χ1) is 10.8. The number of amides is 1. The number of nitrogens with zero attached hydrogens (tertiary/aromatic N) is 3. The molecule has 11 heteroatoms. The summed E-state index contributed by atoms with van der Waals surface area (Å²) in [7, 11) is -3.68. The summed E-state index contributed by atoms with van der Waals surface area (Å²) < 4.78 is 29.6. The first-order valence-corrected chi connectivity index (χ1v) is 9.52. The molecule has 0 unspecified atom stereocenters. The molecule has 1 N–H and O–H groups in total. The van der Waals surface area contributed by atoms with E-state index in [1.807, 2.05) is 0 Å². The Morgan fingerprint density at radius 1 is 1.57 bits per heavy atom. The summed E-state index contributed by atoms with van der Waals surface area (Å²) in [4.78, 5) is 28.6. The predicted octanol–water partition coefficient (Wildman–Crippen LogP) is -0.670. The zero-order valence-electron chi connectivity index (χ0n) is 12.4. The number of carbonyl (C=O) groups excluding carboxylic acids is 1. The highest BCUT2D eigenvalue weighted by Gasteiger charge is 2.30. The third-order valence-corrected chi connectivity index (χ3v) is 5.07. The van der Waals surface area contributed by atoms with Gasteiger partial charge in [0.15, 0.2) is 0 Å². The number of carboxylic acid groups (broad SMARTS) is 1. The summed E-state index contributed by atoms with van der Waals surface area (Å²) in [6, 6.07) is 0. The molecule has 2 heterocycles. The number of rotatable bonds is 6. The first kappa shape index (κ1) is 17.8. The van der Waals surface area contributed by atoms with E-state index in [-0.39, 0.29) is 25.6 Å². The first-order valence-electron chi connectivity index (χ1n) is 6.73. The minimum atomic E-state index is -3.68. The second kappa shape index (κ2) is 7.34. The lowest BCUT2D eigenvalue weighted by molar-refractivity contribution is -0.137. The number of ether oxygens (including phenoxy) is 1. The van der Waals surface area contributed by atoms with Crippen LogP contribution in [0.3, 0.4) is 0 Å². The van der Waals surface area contributed by atoms with Gasteiger partial charge in [0.2, 0.25) is 10.0 Å². The number of aromatic nitrogens is 1. The molecule has 1 fully saturated rings. The third kappa shape index (κ3) is 4.96. The van der Waals surface area contributed by atoms with Crippen LogP contribution < -0.4 is 0 Å². The molecule has 1 aliphatic heterocycles. The van der Waals surface area contributed by atoms with E-state index in [1.54, 1.807) is 10.9 Å². The molecule has 23 heavy (non-hydrogen) atoms. The van der Waals surface area contributed by atoms with Crippen LogP contribution in [0.2, 0.25) is 0 Å². The lowest BCUT2D eigenvalue weighted by Gasteiger charge is -2.34. The maximum atomic E-state index is 12.3. The van der Waals surface area contributed by atoms with Crippen molar-refractivity contribution in [1.82, 2.24) is 14.2 Å². The van der Waals surface area contributed by atoms with Crippen LogP contribution in [-0.4, -0.2) is 84.7 Å². The molecule has 0 saturated carbocycles. The molecule has 2 rings (SSSR count). The van der Waals surface area contributed by atoms with Gasteiger partial charge in [-0.3, -0.25) is 9.59 Å². The second-order valence-electron chi connectivity index (χ2n) is 5.07. The number of hydrogen-bond donors (Lipinski definition) is 1. The summed E-state index contributed by atoms with van der Waals surface area (Å²) >= 11 is 1.31. The minimum absolute atomic E-state index is 0.119. The highest BCUT2D eigenvalue weighted by molar-refractivity contribution is 7.88. The zero-order valence-corrected chi connectivity index (χ0v) is 14.0. The Morgan fingerprint density at radius 2 is 2.30 bits per heavy atom. The fourth-order valence-corrected chi connectivity index (χ4v) is 3.50. The van der Waals surface area contributed by atoms with E-state index >= 15 is 0 Å². The van der Waals surface area contributed by atoms with Gasteiger partial charge in [0.25, 0.3) is 5.91 Å². The standard InChI is InChI=1S/C12H17N3O6S2/c1-23(19,20)15(6-11(16)17)5-9-4-14(2-3-21-9)12(18)10-7-22-8-13-10/h7-9H,2-6H2,1H3,(H,16,17)/t9-/m1/s1. The molecule has 1 aromatic rings. The van der Waals surface area contributed by atoms with Crippen LogP contribution in [0.15, 0.2) is 10.9 Å². The molecule has 0 aliphatic carbocycles. The molecule has 0 aromatic carbocycles. The molecule has 0 spiro atoms. The number of aliphatic carboxylic acids is 1. The minimum Gasteiger partial charge on any atom is -0.480 e. The number of morpholine rings is 1. The highest BCUT2D eigenvalue weighted by Crippen LogP contribution is 2.13. The second-order valence-corrected chi connectivity index (χ2v) is 7.77. The van der Waals surface area contributed by atoms with Gasteiger partial charge in [-0.25, -0.2) is 13.4 Å². The molecule has 1 aliphatic rings. The van der Waals surface area contributed by atoms with E-state index in [0.717, 1.165) is 10.6 Å². The average Bonchev–Trinajstić information content (AvgIpc) is 2.99. The van der Waals surface area contributed by atoms with Crippen molar-refractivity contribution >= 4 is 33.2 Å². The van der Waals surface area contributed by atoms with Crippen LogP contribution >= 0.6 is 11.3 Å². The Kier molecular flexibility index (Phi) is 5.68. The van der Waals surface area contributed by atoms with Gasteiger partial charge in [-0.1, -0.05) is 0 Å². The molecule has 1 aromatic heterocycles. The van der Waals surface area contributed by atoms with E-state index < -0.39 is 28.6 Å². The molecule has 0 radical (unpaired) electrons. The quantitative estimate of drug-likeness (QED) is 0.712. The molecular weight excluding hydrogens is 346 g/mol. The Labute approximate surface area is 137 Å². The van der Waals surface area contributed by atoms with Crippen LogP contribution in [0, 0.1) is 0 Å². The Balaban J connectivity index is 2.02. The van der Waals surface area contributed by atoms with Gasteiger partial charge in [-0.05, 0) is 0 Å². The van der Waals surface area contributed by atoms with E-state index in [0.29, 0.717) is 12.2 Å². The smallest absolute Gasteiger partial charge is 0.318 e. The van der Waals surface area contributed by atoms with Crippen molar-refractivity contribution in [3.63, 3.8) is 0 Å². The van der Waals surface area contributed by atoms with Crippen molar-refractivity contribution < 1.29 is 27.9 Å². The van der Waals surface area contributed by atoms with Crippen molar-refractivity contribution in [1.29, 1.82) is 0 Å². The Morgan fingerprint density at radius 3 is 2.87 bits per heavy atom. The van der Waals surface area contributed by atoms with Crippen LogP contribution in [0.25, 0.3) is 0 Å². The van der Waals surface area contributed by atoms with Gasteiger partial charge in [0, 0.05) is 25.0 Å². The van der Waals surface area contributed by atoms with Gasteiger partial charge >= 0.3 is 5.97 Å².